The summed E-state index contributed by atoms with van der Waals surface area (Å²) in [7, 11) is 0. The smallest absolute Gasteiger partial charge is 0.204 e. The Kier molecular flexibility index (Phi) is 2.22. The van der Waals surface area contributed by atoms with Crippen molar-refractivity contribution in [1.29, 1.82) is 0 Å². The monoisotopic (exact) mass is 200 g/mol. The van der Waals surface area contributed by atoms with E-state index in [0.29, 0.717) is 19.3 Å². The highest BCUT2D eigenvalue weighted by atomic mass is 16.4. The zero-order valence-corrected chi connectivity index (χ0v) is 7.54. The van der Waals surface area contributed by atoms with Gasteiger partial charge in [-0.05, 0) is 18.1 Å². The standard InChI is InChI=1S/C7H12N4O3/c12-4-6-8-10-11(9-6)7(14)3-1-2-5(7)13/h5,12-14H,1-4H2. The molecule has 1 aromatic rings. The molecule has 78 valence electrons. The van der Waals surface area contributed by atoms with E-state index in [-0.39, 0.29) is 12.4 Å². The quantitative estimate of drug-likeness (QED) is 0.528. The van der Waals surface area contributed by atoms with Crippen LogP contribution in [0.3, 0.4) is 0 Å². The van der Waals surface area contributed by atoms with Crippen LogP contribution in [-0.4, -0.2) is 41.6 Å². The fraction of sp³-hybridized carbons (Fsp3) is 0.857. The minimum absolute atomic E-state index is 0.137. The maximum Gasteiger partial charge on any atom is 0.204 e. The van der Waals surface area contributed by atoms with E-state index in [9.17, 15) is 10.2 Å². The topological polar surface area (TPSA) is 104 Å². The van der Waals surface area contributed by atoms with Crippen LogP contribution < -0.4 is 0 Å². The highest BCUT2D eigenvalue weighted by molar-refractivity contribution is 4.87. The molecule has 7 heteroatoms. The maximum atomic E-state index is 10.0. The van der Waals surface area contributed by atoms with E-state index in [2.05, 4.69) is 15.4 Å². The third kappa shape index (κ3) is 1.29. The van der Waals surface area contributed by atoms with E-state index in [0.717, 1.165) is 4.80 Å². The van der Waals surface area contributed by atoms with Crippen molar-refractivity contribution in [2.45, 2.75) is 37.7 Å². The van der Waals surface area contributed by atoms with Gasteiger partial charge in [0.1, 0.15) is 12.7 Å². The van der Waals surface area contributed by atoms with Crippen molar-refractivity contribution in [2.75, 3.05) is 0 Å². The molecule has 1 saturated carbocycles. The molecule has 1 heterocycles. The summed E-state index contributed by atoms with van der Waals surface area (Å²) in [5.74, 6) is 0.137. The van der Waals surface area contributed by atoms with Crippen LogP contribution in [0.1, 0.15) is 25.1 Å². The first-order valence-electron chi connectivity index (χ1n) is 4.47. The van der Waals surface area contributed by atoms with Crippen LogP contribution in [0.4, 0.5) is 0 Å². The molecule has 2 rings (SSSR count). The number of aromatic nitrogens is 4. The summed E-state index contributed by atoms with van der Waals surface area (Å²) in [4.78, 5) is 0.982. The lowest BCUT2D eigenvalue weighted by atomic mass is 10.1. The summed E-state index contributed by atoms with van der Waals surface area (Å²) in [6.45, 7) is -0.327. The molecular formula is C7H12N4O3. The predicted molar refractivity (Wildman–Crippen MR) is 43.8 cm³/mol. The first kappa shape index (κ1) is 9.50. The van der Waals surface area contributed by atoms with Crippen LogP contribution in [0.2, 0.25) is 0 Å². The molecule has 1 aromatic heterocycles. The molecule has 3 N–H and O–H groups in total. The Morgan fingerprint density at radius 2 is 2.36 bits per heavy atom. The molecular weight excluding hydrogens is 188 g/mol. The predicted octanol–water partition coefficient (Wildman–Crippen LogP) is -1.64. The number of hydrogen-bond acceptors (Lipinski definition) is 6. The van der Waals surface area contributed by atoms with Gasteiger partial charge in [0.25, 0.3) is 0 Å². The van der Waals surface area contributed by atoms with Gasteiger partial charge in [-0.15, -0.1) is 15.0 Å². The van der Waals surface area contributed by atoms with Gasteiger partial charge in [0.2, 0.25) is 5.72 Å². The van der Waals surface area contributed by atoms with Gasteiger partial charge < -0.3 is 15.3 Å². The van der Waals surface area contributed by atoms with Gasteiger partial charge >= 0.3 is 0 Å². The number of rotatable bonds is 2. The minimum atomic E-state index is -1.46. The van der Waals surface area contributed by atoms with Crippen molar-refractivity contribution in [3.63, 3.8) is 0 Å². The van der Waals surface area contributed by atoms with Crippen molar-refractivity contribution in [2.24, 2.45) is 0 Å². The summed E-state index contributed by atoms with van der Waals surface area (Å²) < 4.78 is 0. The Morgan fingerprint density at radius 3 is 2.86 bits per heavy atom. The highest BCUT2D eigenvalue weighted by Gasteiger charge is 2.44. The second kappa shape index (κ2) is 3.26. The fourth-order valence-electron chi connectivity index (χ4n) is 1.66. The van der Waals surface area contributed by atoms with Crippen molar-refractivity contribution < 1.29 is 15.3 Å². The molecule has 0 saturated heterocycles. The third-order valence-corrected chi connectivity index (χ3v) is 2.50. The number of aliphatic hydroxyl groups excluding tert-OH is 2. The Morgan fingerprint density at radius 1 is 1.57 bits per heavy atom. The second-order valence-electron chi connectivity index (χ2n) is 3.44. The molecule has 1 aliphatic carbocycles. The molecule has 0 aromatic carbocycles. The van der Waals surface area contributed by atoms with Crippen LogP contribution in [0, 0.1) is 0 Å². The second-order valence-corrected chi connectivity index (χ2v) is 3.44. The van der Waals surface area contributed by atoms with Gasteiger partial charge in [-0.3, -0.25) is 0 Å². The van der Waals surface area contributed by atoms with Crippen molar-refractivity contribution >= 4 is 0 Å². The van der Waals surface area contributed by atoms with E-state index >= 15 is 0 Å². The van der Waals surface area contributed by atoms with Gasteiger partial charge in [-0.1, -0.05) is 0 Å². The Balaban J connectivity index is 2.28. The van der Waals surface area contributed by atoms with E-state index in [1.807, 2.05) is 0 Å². The van der Waals surface area contributed by atoms with Gasteiger partial charge in [0.15, 0.2) is 5.82 Å². The summed E-state index contributed by atoms with van der Waals surface area (Å²) >= 11 is 0. The number of hydrogen-bond donors (Lipinski definition) is 3. The Hall–Kier alpha value is -1.05. The van der Waals surface area contributed by atoms with E-state index in [1.165, 1.54) is 0 Å². The number of aliphatic hydroxyl groups is 3. The van der Waals surface area contributed by atoms with Crippen LogP contribution >= 0.6 is 0 Å². The SMILES string of the molecule is OCc1nnn(C2(O)CCCC2O)n1. The highest BCUT2D eigenvalue weighted by Crippen LogP contribution is 2.32. The molecule has 7 nitrogen and oxygen atoms in total. The summed E-state index contributed by atoms with van der Waals surface area (Å²) in [5, 5.41) is 39.2. The lowest BCUT2D eigenvalue weighted by molar-refractivity contribution is -0.133. The normalized spacial score (nSPS) is 32.4. The first-order chi connectivity index (χ1) is 6.66. The number of tetrazole rings is 1. The Labute approximate surface area is 80.0 Å². The van der Waals surface area contributed by atoms with Crippen molar-refractivity contribution in [3.8, 4) is 0 Å². The van der Waals surface area contributed by atoms with Gasteiger partial charge in [-0.25, -0.2) is 0 Å². The minimum Gasteiger partial charge on any atom is -0.388 e. The van der Waals surface area contributed by atoms with E-state index in [4.69, 9.17) is 5.11 Å². The lowest BCUT2D eigenvalue weighted by Gasteiger charge is -2.24. The van der Waals surface area contributed by atoms with Crippen LogP contribution in [0.15, 0.2) is 0 Å². The third-order valence-electron chi connectivity index (χ3n) is 2.50. The average Bonchev–Trinajstić information content (AvgIpc) is 2.75. The molecule has 14 heavy (non-hydrogen) atoms. The maximum absolute atomic E-state index is 10.0. The Bertz CT molecular complexity index is 328. The van der Waals surface area contributed by atoms with E-state index < -0.39 is 11.8 Å². The van der Waals surface area contributed by atoms with Gasteiger partial charge in [0, 0.05) is 6.42 Å². The fourth-order valence-corrected chi connectivity index (χ4v) is 1.66. The van der Waals surface area contributed by atoms with Gasteiger partial charge in [-0.2, -0.15) is 0 Å². The molecule has 0 spiro atoms. The molecule has 1 fully saturated rings. The lowest BCUT2D eigenvalue weighted by Crippen LogP contribution is -2.42. The summed E-state index contributed by atoms with van der Waals surface area (Å²) in [6, 6.07) is 0. The van der Waals surface area contributed by atoms with Gasteiger partial charge in [0.05, 0.1) is 0 Å². The molecule has 1 aliphatic rings. The number of nitrogens with zero attached hydrogens (tertiary/aromatic N) is 4. The van der Waals surface area contributed by atoms with Crippen LogP contribution in [0.5, 0.6) is 0 Å². The zero-order chi connectivity index (χ0) is 10.2. The van der Waals surface area contributed by atoms with Crippen molar-refractivity contribution in [3.05, 3.63) is 5.82 Å². The molecule has 0 radical (unpaired) electrons. The molecule has 0 bridgehead atoms. The molecule has 2 atom stereocenters. The average molecular weight is 200 g/mol. The summed E-state index contributed by atoms with van der Waals surface area (Å²) in [6.07, 6.45) is 0.762. The van der Waals surface area contributed by atoms with Crippen molar-refractivity contribution in [1.82, 2.24) is 20.2 Å². The van der Waals surface area contributed by atoms with Crippen LogP contribution in [0.25, 0.3) is 0 Å². The first-order valence-corrected chi connectivity index (χ1v) is 4.47. The molecule has 0 amide bonds. The van der Waals surface area contributed by atoms with E-state index in [1.54, 1.807) is 0 Å². The summed E-state index contributed by atoms with van der Waals surface area (Å²) in [5.41, 5.74) is -1.46. The largest absolute Gasteiger partial charge is 0.388 e. The van der Waals surface area contributed by atoms with Crippen LogP contribution in [-0.2, 0) is 12.3 Å². The molecule has 0 aliphatic heterocycles. The zero-order valence-electron chi connectivity index (χ0n) is 7.54. The molecule has 2 unspecified atom stereocenters.